The van der Waals surface area contributed by atoms with Gasteiger partial charge in [-0.15, -0.1) is 0 Å². The van der Waals surface area contributed by atoms with Crippen molar-refractivity contribution in [2.24, 2.45) is 11.1 Å². The van der Waals surface area contributed by atoms with Crippen LogP contribution < -0.4 is 10.5 Å². The number of halogens is 1. The highest BCUT2D eigenvalue weighted by Gasteiger charge is 2.28. The van der Waals surface area contributed by atoms with E-state index < -0.39 is 6.04 Å². The molecule has 3 nitrogen and oxygen atoms in total. The molecule has 2 N–H and O–H groups in total. The Labute approximate surface area is 122 Å². The third-order valence-electron chi connectivity index (χ3n) is 3.47. The van der Waals surface area contributed by atoms with Crippen LogP contribution in [0.3, 0.4) is 0 Å². The molecule has 1 aliphatic rings. The summed E-state index contributed by atoms with van der Waals surface area (Å²) in [5, 5.41) is 0. The van der Waals surface area contributed by atoms with Gasteiger partial charge in [-0.25, -0.2) is 0 Å². The van der Waals surface area contributed by atoms with Crippen LogP contribution in [0.25, 0.3) is 0 Å². The second kappa shape index (κ2) is 5.25. The number of hydrogen-bond acceptors (Lipinski definition) is 3. The molecule has 0 saturated heterocycles. The summed E-state index contributed by atoms with van der Waals surface area (Å²) in [6.45, 7) is 6.64. The van der Waals surface area contributed by atoms with E-state index in [4.69, 9.17) is 10.5 Å². The number of carbonyl (C=O) groups excluding carboxylic acids is 1. The third kappa shape index (κ3) is 3.18. The van der Waals surface area contributed by atoms with Crippen LogP contribution in [0, 0.1) is 5.41 Å². The van der Waals surface area contributed by atoms with E-state index in [0.717, 1.165) is 22.2 Å². The van der Waals surface area contributed by atoms with Crippen LogP contribution in [-0.4, -0.2) is 18.4 Å². The van der Waals surface area contributed by atoms with Crippen LogP contribution in [0.1, 0.15) is 31.9 Å². The van der Waals surface area contributed by atoms with Crippen molar-refractivity contribution in [3.05, 3.63) is 27.7 Å². The molecule has 104 valence electrons. The molecular weight excluding hydrogens is 306 g/mol. The van der Waals surface area contributed by atoms with E-state index in [1.165, 1.54) is 5.56 Å². The first-order chi connectivity index (χ1) is 8.79. The van der Waals surface area contributed by atoms with Crippen LogP contribution in [-0.2, 0) is 17.6 Å². The summed E-state index contributed by atoms with van der Waals surface area (Å²) < 4.78 is 6.63. The van der Waals surface area contributed by atoms with Gasteiger partial charge >= 0.3 is 0 Å². The molecule has 1 unspecified atom stereocenters. The fourth-order valence-corrected chi connectivity index (χ4v) is 2.81. The van der Waals surface area contributed by atoms with Crippen molar-refractivity contribution >= 4 is 21.7 Å². The van der Waals surface area contributed by atoms with Crippen LogP contribution in [0.5, 0.6) is 5.75 Å². The van der Waals surface area contributed by atoms with Crippen molar-refractivity contribution in [2.45, 2.75) is 39.7 Å². The van der Waals surface area contributed by atoms with Gasteiger partial charge in [0.2, 0.25) is 0 Å². The van der Waals surface area contributed by atoms with E-state index in [9.17, 15) is 4.79 Å². The highest BCUT2D eigenvalue weighted by molar-refractivity contribution is 9.10. The smallest absolute Gasteiger partial charge is 0.154 e. The maximum absolute atomic E-state index is 12.3. The lowest BCUT2D eigenvalue weighted by molar-refractivity contribution is -0.121. The van der Waals surface area contributed by atoms with Gasteiger partial charge in [0.25, 0.3) is 0 Å². The molecule has 19 heavy (non-hydrogen) atoms. The molecule has 0 aromatic heterocycles. The molecule has 1 aromatic rings. The van der Waals surface area contributed by atoms with Gasteiger partial charge in [-0.3, -0.25) is 4.79 Å². The van der Waals surface area contributed by atoms with Crippen molar-refractivity contribution in [2.75, 3.05) is 6.61 Å². The lowest BCUT2D eigenvalue weighted by atomic mass is 9.83. The van der Waals surface area contributed by atoms with Crippen molar-refractivity contribution in [3.8, 4) is 5.75 Å². The number of carbonyl (C=O) groups is 1. The Morgan fingerprint density at radius 2 is 2.16 bits per heavy atom. The van der Waals surface area contributed by atoms with Crippen LogP contribution in [0.2, 0.25) is 0 Å². The number of rotatable bonds is 3. The number of hydrogen-bond donors (Lipinski definition) is 1. The van der Waals surface area contributed by atoms with Crippen molar-refractivity contribution < 1.29 is 9.53 Å². The first-order valence-corrected chi connectivity index (χ1v) is 7.30. The Bertz CT molecular complexity index is 506. The summed E-state index contributed by atoms with van der Waals surface area (Å²) >= 11 is 3.48. The Kier molecular flexibility index (Phi) is 4.02. The standard InChI is InChI=1S/C15H20BrNO2/c1-15(2,3)14(17)12(18)8-10-7-11(16)6-9-4-5-19-13(9)10/h6-7,14H,4-5,8,17H2,1-3H3. The monoisotopic (exact) mass is 325 g/mol. The van der Waals surface area contributed by atoms with E-state index in [-0.39, 0.29) is 11.2 Å². The summed E-state index contributed by atoms with van der Waals surface area (Å²) in [7, 11) is 0. The fraction of sp³-hybridized carbons (Fsp3) is 0.533. The maximum Gasteiger partial charge on any atom is 0.154 e. The first kappa shape index (κ1) is 14.5. The van der Waals surface area contributed by atoms with E-state index in [0.29, 0.717) is 13.0 Å². The van der Waals surface area contributed by atoms with Crippen LogP contribution in [0.4, 0.5) is 0 Å². The van der Waals surface area contributed by atoms with Gasteiger partial charge in [-0.05, 0) is 23.1 Å². The zero-order valence-corrected chi connectivity index (χ0v) is 13.2. The zero-order chi connectivity index (χ0) is 14.2. The highest BCUT2D eigenvalue weighted by Crippen LogP contribution is 2.34. The van der Waals surface area contributed by atoms with Crippen LogP contribution >= 0.6 is 15.9 Å². The normalized spacial score (nSPS) is 15.8. The predicted molar refractivity (Wildman–Crippen MR) is 79.5 cm³/mol. The Balaban J connectivity index is 2.23. The summed E-state index contributed by atoms with van der Waals surface area (Å²) in [5.41, 5.74) is 7.91. The van der Waals surface area contributed by atoms with Crippen molar-refractivity contribution in [1.29, 1.82) is 0 Å². The van der Waals surface area contributed by atoms with E-state index in [1.54, 1.807) is 0 Å². The first-order valence-electron chi connectivity index (χ1n) is 6.51. The van der Waals surface area contributed by atoms with Gasteiger partial charge in [-0.2, -0.15) is 0 Å². The lowest BCUT2D eigenvalue weighted by Gasteiger charge is -2.25. The molecule has 1 aromatic carbocycles. The number of benzene rings is 1. The summed E-state index contributed by atoms with van der Waals surface area (Å²) in [5.74, 6) is 0.931. The topological polar surface area (TPSA) is 52.3 Å². The molecule has 0 amide bonds. The van der Waals surface area contributed by atoms with Crippen molar-refractivity contribution in [1.82, 2.24) is 0 Å². The molecule has 0 aliphatic carbocycles. The SMILES string of the molecule is CC(C)(C)C(N)C(=O)Cc1cc(Br)cc2c1OCC2. The largest absolute Gasteiger partial charge is 0.493 e. The molecular formula is C15H20BrNO2. The van der Waals surface area contributed by atoms with Gasteiger partial charge < -0.3 is 10.5 Å². The maximum atomic E-state index is 12.3. The molecule has 0 spiro atoms. The average Bonchev–Trinajstić information content (AvgIpc) is 2.74. The van der Waals surface area contributed by atoms with E-state index in [2.05, 4.69) is 22.0 Å². The molecule has 4 heteroatoms. The van der Waals surface area contributed by atoms with Crippen LogP contribution in [0.15, 0.2) is 16.6 Å². The predicted octanol–water partition coefficient (Wildman–Crippen LogP) is 2.87. The molecule has 1 aliphatic heterocycles. The van der Waals surface area contributed by atoms with E-state index >= 15 is 0 Å². The summed E-state index contributed by atoms with van der Waals surface area (Å²) in [6, 6.07) is 3.56. The molecule has 0 bridgehead atoms. The zero-order valence-electron chi connectivity index (χ0n) is 11.6. The van der Waals surface area contributed by atoms with Gasteiger partial charge in [0.1, 0.15) is 5.75 Å². The molecule has 2 rings (SSSR count). The Morgan fingerprint density at radius 1 is 1.47 bits per heavy atom. The second-order valence-electron chi connectivity index (χ2n) is 6.14. The molecule has 0 saturated carbocycles. The van der Waals surface area contributed by atoms with Gasteiger partial charge in [0, 0.05) is 22.9 Å². The second-order valence-corrected chi connectivity index (χ2v) is 7.05. The summed E-state index contributed by atoms with van der Waals surface area (Å²) in [6.07, 6.45) is 1.24. The molecule has 1 heterocycles. The Hall–Kier alpha value is -0.870. The number of ether oxygens (including phenoxy) is 1. The van der Waals surface area contributed by atoms with Crippen molar-refractivity contribution in [3.63, 3.8) is 0 Å². The summed E-state index contributed by atoms with van der Waals surface area (Å²) in [4.78, 5) is 12.3. The van der Waals surface area contributed by atoms with E-state index in [1.807, 2.05) is 26.8 Å². The minimum atomic E-state index is -0.455. The fourth-order valence-electron chi connectivity index (χ4n) is 2.26. The molecule has 1 atom stereocenters. The molecule has 0 fully saturated rings. The minimum Gasteiger partial charge on any atom is -0.493 e. The number of nitrogens with two attached hydrogens (primary N) is 1. The third-order valence-corrected chi connectivity index (χ3v) is 3.93. The Morgan fingerprint density at radius 3 is 2.79 bits per heavy atom. The van der Waals surface area contributed by atoms with Gasteiger partial charge in [0.15, 0.2) is 5.78 Å². The van der Waals surface area contributed by atoms with Gasteiger partial charge in [-0.1, -0.05) is 36.7 Å². The van der Waals surface area contributed by atoms with Gasteiger partial charge in [0.05, 0.1) is 12.6 Å². The number of ketones is 1. The minimum absolute atomic E-state index is 0.0586. The highest BCUT2D eigenvalue weighted by atomic mass is 79.9. The average molecular weight is 326 g/mol. The molecule has 0 radical (unpaired) electrons. The lowest BCUT2D eigenvalue weighted by Crippen LogP contribution is -2.43. The number of fused-ring (bicyclic) bond motifs is 1. The number of Topliss-reactive ketones (excluding diaryl/α,β-unsaturated/α-hetero) is 1. The quantitative estimate of drug-likeness (QED) is 0.929.